The van der Waals surface area contributed by atoms with E-state index >= 15 is 0 Å². The first kappa shape index (κ1) is 13.3. The van der Waals surface area contributed by atoms with E-state index in [4.69, 9.17) is 4.74 Å². The van der Waals surface area contributed by atoms with Crippen molar-refractivity contribution in [2.45, 2.75) is 39.2 Å². The largest absolute Gasteiger partial charge is 0.490 e. The minimum Gasteiger partial charge on any atom is -0.490 e. The Bertz CT molecular complexity index is 392. The predicted octanol–water partition coefficient (Wildman–Crippen LogP) is 3.16. The minimum absolute atomic E-state index is 0.170. The van der Waals surface area contributed by atoms with Crippen LogP contribution in [-0.2, 0) is 6.42 Å². The number of hydrogen-bond donors (Lipinski definition) is 1. The topological polar surface area (TPSA) is 21.3 Å². The summed E-state index contributed by atoms with van der Waals surface area (Å²) >= 11 is 0. The number of hydrogen-bond acceptors (Lipinski definition) is 2. The number of ether oxygens (including phenoxy) is 1. The average Bonchev–Trinajstić information content (AvgIpc) is 2.70. The Morgan fingerprint density at radius 2 is 2.28 bits per heavy atom. The van der Waals surface area contributed by atoms with Crippen molar-refractivity contribution >= 4 is 0 Å². The number of nitrogens with one attached hydrogen (secondary N) is 1. The second-order valence-electron chi connectivity index (χ2n) is 5.44. The van der Waals surface area contributed by atoms with Crippen LogP contribution in [0.2, 0.25) is 0 Å². The lowest BCUT2D eigenvalue weighted by atomic mass is 10.1. The molecule has 1 aliphatic heterocycles. The van der Waals surface area contributed by atoms with Gasteiger partial charge >= 0.3 is 0 Å². The molecule has 0 amide bonds. The first-order chi connectivity index (χ1) is 8.65. The second-order valence-corrected chi connectivity index (χ2v) is 5.44. The highest BCUT2D eigenvalue weighted by molar-refractivity contribution is 5.37. The van der Waals surface area contributed by atoms with Crippen LogP contribution in [0.5, 0.6) is 5.75 Å². The fourth-order valence-corrected chi connectivity index (χ4v) is 2.30. The van der Waals surface area contributed by atoms with Crippen LogP contribution in [0.3, 0.4) is 0 Å². The summed E-state index contributed by atoms with van der Waals surface area (Å²) in [4.78, 5) is 0. The highest BCUT2D eigenvalue weighted by Gasteiger charge is 2.22. The molecule has 1 aromatic rings. The summed E-state index contributed by atoms with van der Waals surface area (Å²) in [5.41, 5.74) is 1.01. The lowest BCUT2D eigenvalue weighted by Crippen LogP contribution is -2.22. The molecule has 0 aliphatic carbocycles. The number of halogens is 1. The van der Waals surface area contributed by atoms with E-state index in [0.717, 1.165) is 43.7 Å². The maximum atomic E-state index is 13.1. The van der Waals surface area contributed by atoms with Crippen molar-refractivity contribution in [2.75, 3.05) is 13.1 Å². The fourth-order valence-electron chi connectivity index (χ4n) is 2.30. The van der Waals surface area contributed by atoms with Gasteiger partial charge in [0, 0.05) is 12.0 Å². The third-order valence-electron chi connectivity index (χ3n) is 3.20. The summed E-state index contributed by atoms with van der Waals surface area (Å²) in [6.45, 7) is 6.51. The van der Waals surface area contributed by atoms with Gasteiger partial charge in [-0.3, -0.25) is 0 Å². The van der Waals surface area contributed by atoms with Crippen molar-refractivity contribution in [2.24, 2.45) is 5.92 Å². The molecule has 0 spiro atoms. The molecular weight excluding hydrogens is 229 g/mol. The minimum atomic E-state index is -0.170. The SMILES string of the molecule is CC(C)CNCCCC1Cc2cc(F)ccc2O1. The predicted molar refractivity (Wildman–Crippen MR) is 71.5 cm³/mol. The van der Waals surface area contributed by atoms with Gasteiger partial charge < -0.3 is 10.1 Å². The number of rotatable bonds is 6. The molecule has 1 aromatic carbocycles. The first-order valence-corrected chi connectivity index (χ1v) is 6.81. The molecule has 0 aromatic heterocycles. The lowest BCUT2D eigenvalue weighted by Gasteiger charge is -2.11. The van der Waals surface area contributed by atoms with Crippen LogP contribution in [0, 0.1) is 11.7 Å². The molecule has 3 heteroatoms. The summed E-state index contributed by atoms with van der Waals surface area (Å²) in [7, 11) is 0. The molecule has 1 aliphatic rings. The maximum absolute atomic E-state index is 13.1. The van der Waals surface area contributed by atoms with Crippen molar-refractivity contribution in [3.63, 3.8) is 0 Å². The van der Waals surface area contributed by atoms with E-state index in [2.05, 4.69) is 19.2 Å². The molecule has 0 bridgehead atoms. The zero-order chi connectivity index (χ0) is 13.0. The Hall–Kier alpha value is -1.09. The van der Waals surface area contributed by atoms with Gasteiger partial charge in [-0.05, 0) is 50.0 Å². The first-order valence-electron chi connectivity index (χ1n) is 6.81. The number of benzene rings is 1. The monoisotopic (exact) mass is 251 g/mol. The zero-order valence-corrected chi connectivity index (χ0v) is 11.2. The van der Waals surface area contributed by atoms with E-state index < -0.39 is 0 Å². The summed E-state index contributed by atoms with van der Waals surface area (Å²) in [5.74, 6) is 1.38. The normalized spacial score (nSPS) is 17.9. The van der Waals surface area contributed by atoms with Crippen LogP contribution in [0.25, 0.3) is 0 Å². The van der Waals surface area contributed by atoms with E-state index in [-0.39, 0.29) is 11.9 Å². The molecule has 1 unspecified atom stereocenters. The molecular formula is C15H22FNO. The Morgan fingerprint density at radius 3 is 3.06 bits per heavy atom. The van der Waals surface area contributed by atoms with Gasteiger partial charge in [-0.25, -0.2) is 4.39 Å². The Morgan fingerprint density at radius 1 is 1.44 bits per heavy atom. The highest BCUT2D eigenvalue weighted by atomic mass is 19.1. The Balaban J connectivity index is 1.68. The van der Waals surface area contributed by atoms with Crippen LogP contribution in [-0.4, -0.2) is 19.2 Å². The molecule has 2 nitrogen and oxygen atoms in total. The van der Waals surface area contributed by atoms with Gasteiger partial charge in [0.25, 0.3) is 0 Å². The Labute approximate surface area is 109 Å². The highest BCUT2D eigenvalue weighted by Crippen LogP contribution is 2.30. The molecule has 0 saturated heterocycles. The maximum Gasteiger partial charge on any atom is 0.123 e. The van der Waals surface area contributed by atoms with Crippen LogP contribution < -0.4 is 10.1 Å². The quantitative estimate of drug-likeness (QED) is 0.784. The molecule has 1 heterocycles. The van der Waals surface area contributed by atoms with Gasteiger partial charge in [0.1, 0.15) is 17.7 Å². The number of fused-ring (bicyclic) bond motifs is 1. The smallest absolute Gasteiger partial charge is 0.123 e. The van der Waals surface area contributed by atoms with Gasteiger partial charge in [0.2, 0.25) is 0 Å². The third-order valence-corrected chi connectivity index (χ3v) is 3.20. The van der Waals surface area contributed by atoms with Crippen molar-refractivity contribution in [3.8, 4) is 5.75 Å². The van der Waals surface area contributed by atoms with Crippen molar-refractivity contribution in [3.05, 3.63) is 29.6 Å². The lowest BCUT2D eigenvalue weighted by molar-refractivity contribution is 0.217. The van der Waals surface area contributed by atoms with E-state index in [1.54, 1.807) is 12.1 Å². The average molecular weight is 251 g/mol. The summed E-state index contributed by atoms with van der Waals surface area (Å²) in [6, 6.07) is 4.79. The molecule has 1 N–H and O–H groups in total. The fraction of sp³-hybridized carbons (Fsp3) is 0.600. The van der Waals surface area contributed by atoms with Crippen LogP contribution in [0.1, 0.15) is 32.3 Å². The molecule has 0 saturated carbocycles. The molecule has 100 valence electrons. The summed E-state index contributed by atoms with van der Waals surface area (Å²) in [5, 5.41) is 3.42. The van der Waals surface area contributed by atoms with Gasteiger partial charge in [0.05, 0.1) is 0 Å². The van der Waals surface area contributed by atoms with Crippen molar-refractivity contribution < 1.29 is 9.13 Å². The Kier molecular flexibility index (Phi) is 4.59. The summed E-state index contributed by atoms with van der Waals surface area (Å²) in [6.07, 6.45) is 3.20. The van der Waals surface area contributed by atoms with Gasteiger partial charge in [0.15, 0.2) is 0 Å². The molecule has 2 rings (SSSR count). The van der Waals surface area contributed by atoms with Crippen LogP contribution in [0.15, 0.2) is 18.2 Å². The third kappa shape index (κ3) is 3.70. The molecule has 0 fully saturated rings. The van der Waals surface area contributed by atoms with E-state index in [1.165, 1.54) is 6.07 Å². The molecule has 0 radical (unpaired) electrons. The van der Waals surface area contributed by atoms with Gasteiger partial charge in [-0.15, -0.1) is 0 Å². The molecule has 18 heavy (non-hydrogen) atoms. The van der Waals surface area contributed by atoms with Gasteiger partial charge in [-0.2, -0.15) is 0 Å². The van der Waals surface area contributed by atoms with Gasteiger partial charge in [-0.1, -0.05) is 13.8 Å². The van der Waals surface area contributed by atoms with Crippen LogP contribution in [0.4, 0.5) is 4.39 Å². The molecule has 1 atom stereocenters. The second kappa shape index (κ2) is 6.19. The summed E-state index contributed by atoms with van der Waals surface area (Å²) < 4.78 is 18.8. The standard InChI is InChI=1S/C15H22FNO/c1-11(2)10-17-7-3-4-14-9-12-8-13(16)5-6-15(12)18-14/h5-6,8,11,14,17H,3-4,7,9-10H2,1-2H3. The van der Waals surface area contributed by atoms with E-state index in [0.29, 0.717) is 5.92 Å². The van der Waals surface area contributed by atoms with Crippen molar-refractivity contribution in [1.29, 1.82) is 0 Å². The van der Waals surface area contributed by atoms with Crippen molar-refractivity contribution in [1.82, 2.24) is 5.32 Å². The van der Waals surface area contributed by atoms with E-state index in [9.17, 15) is 4.39 Å². The zero-order valence-electron chi connectivity index (χ0n) is 11.2. The van der Waals surface area contributed by atoms with Crippen LogP contribution >= 0.6 is 0 Å². The van der Waals surface area contributed by atoms with E-state index in [1.807, 2.05) is 0 Å².